The van der Waals surface area contributed by atoms with Crippen LogP contribution in [-0.4, -0.2) is 32.5 Å². The summed E-state index contributed by atoms with van der Waals surface area (Å²) in [5.74, 6) is 0.316. The van der Waals surface area contributed by atoms with E-state index in [2.05, 4.69) is 4.98 Å². The molecule has 1 atom stereocenters. The first-order chi connectivity index (χ1) is 6.57. The summed E-state index contributed by atoms with van der Waals surface area (Å²) in [5, 5.41) is 18.0. The largest absolute Gasteiger partial charge is 0.464 e. The summed E-state index contributed by atoms with van der Waals surface area (Å²) >= 11 is 0. The lowest BCUT2D eigenvalue weighted by Gasteiger charge is -2.17. The molecule has 0 spiro atoms. The highest BCUT2D eigenvalue weighted by Crippen LogP contribution is 2.21. The molecule has 0 aliphatic heterocycles. The first kappa shape index (κ1) is 10.7. The van der Waals surface area contributed by atoms with E-state index in [-0.39, 0.29) is 18.4 Å². The van der Waals surface area contributed by atoms with Crippen molar-refractivity contribution < 1.29 is 15.0 Å². The average molecular weight is 198 g/mol. The molecule has 0 aromatic carbocycles. The van der Waals surface area contributed by atoms with Crippen molar-refractivity contribution in [3.8, 4) is 0 Å². The fraction of sp³-hybridized carbons (Fsp3) is 0.556. The Kier molecular flexibility index (Phi) is 3.24. The van der Waals surface area contributed by atoms with Gasteiger partial charge in [-0.05, 0) is 5.92 Å². The normalized spacial score (nSPS) is 13.1. The Morgan fingerprint density at radius 1 is 1.64 bits per heavy atom. The standard InChI is InChI=1S/C9H14N2O3/c1-6(2)7(5-12)8-10-3-4-11(8)9(13)14/h3-4,6-7,12H,5H2,1-2H3,(H,13,14). The van der Waals surface area contributed by atoms with E-state index in [9.17, 15) is 4.79 Å². The molecule has 0 aliphatic rings. The smallest absolute Gasteiger partial charge is 0.417 e. The van der Waals surface area contributed by atoms with E-state index in [4.69, 9.17) is 10.2 Å². The number of hydrogen-bond acceptors (Lipinski definition) is 3. The van der Waals surface area contributed by atoms with Gasteiger partial charge in [0.15, 0.2) is 0 Å². The molecule has 0 bridgehead atoms. The lowest BCUT2D eigenvalue weighted by Crippen LogP contribution is -2.20. The number of nitrogens with zero attached hydrogens (tertiary/aromatic N) is 2. The van der Waals surface area contributed by atoms with Crippen molar-refractivity contribution >= 4 is 6.09 Å². The Bertz CT molecular complexity index is 320. The van der Waals surface area contributed by atoms with Crippen LogP contribution in [0.1, 0.15) is 25.6 Å². The first-order valence-corrected chi connectivity index (χ1v) is 4.45. The van der Waals surface area contributed by atoms with E-state index < -0.39 is 6.09 Å². The fourth-order valence-corrected chi connectivity index (χ4v) is 1.34. The minimum absolute atomic E-state index is 0.0953. The summed E-state index contributed by atoms with van der Waals surface area (Å²) in [6.45, 7) is 3.74. The molecular weight excluding hydrogens is 184 g/mol. The SMILES string of the molecule is CC(C)C(CO)c1nccn1C(=O)O. The monoisotopic (exact) mass is 198 g/mol. The third-order valence-electron chi connectivity index (χ3n) is 2.21. The maximum absolute atomic E-state index is 10.8. The number of carbonyl (C=O) groups is 1. The Morgan fingerprint density at radius 2 is 2.29 bits per heavy atom. The lowest BCUT2D eigenvalue weighted by molar-refractivity contribution is 0.190. The number of imidazole rings is 1. The molecule has 2 N–H and O–H groups in total. The zero-order valence-electron chi connectivity index (χ0n) is 8.21. The van der Waals surface area contributed by atoms with Crippen molar-refractivity contribution in [3.05, 3.63) is 18.2 Å². The first-order valence-electron chi connectivity index (χ1n) is 4.45. The van der Waals surface area contributed by atoms with E-state index in [1.54, 1.807) is 0 Å². The highest BCUT2D eigenvalue weighted by molar-refractivity contribution is 5.68. The molecular formula is C9H14N2O3. The minimum atomic E-state index is -1.07. The zero-order chi connectivity index (χ0) is 10.7. The van der Waals surface area contributed by atoms with Crippen LogP contribution in [0.15, 0.2) is 12.4 Å². The fourth-order valence-electron chi connectivity index (χ4n) is 1.34. The van der Waals surface area contributed by atoms with Crippen LogP contribution >= 0.6 is 0 Å². The predicted octanol–water partition coefficient (Wildman–Crippen LogP) is 1.14. The highest BCUT2D eigenvalue weighted by atomic mass is 16.4. The maximum Gasteiger partial charge on any atom is 0.417 e. The molecule has 0 aliphatic carbocycles. The maximum atomic E-state index is 10.8. The zero-order valence-corrected chi connectivity index (χ0v) is 8.21. The van der Waals surface area contributed by atoms with Gasteiger partial charge in [-0.3, -0.25) is 0 Å². The van der Waals surface area contributed by atoms with E-state index in [1.165, 1.54) is 12.4 Å². The number of hydrogen-bond donors (Lipinski definition) is 2. The van der Waals surface area contributed by atoms with Gasteiger partial charge in [0, 0.05) is 18.3 Å². The third kappa shape index (κ3) is 1.93. The molecule has 14 heavy (non-hydrogen) atoms. The molecule has 1 aromatic rings. The Hall–Kier alpha value is -1.36. The Labute approximate surface area is 82.0 Å². The molecule has 5 nitrogen and oxygen atoms in total. The van der Waals surface area contributed by atoms with Crippen LogP contribution < -0.4 is 0 Å². The second kappa shape index (κ2) is 4.23. The van der Waals surface area contributed by atoms with Crippen LogP contribution in [0.3, 0.4) is 0 Å². The van der Waals surface area contributed by atoms with Gasteiger partial charge in [-0.1, -0.05) is 13.8 Å². The van der Waals surface area contributed by atoms with Gasteiger partial charge in [-0.25, -0.2) is 14.3 Å². The van der Waals surface area contributed by atoms with Crippen LogP contribution in [0.5, 0.6) is 0 Å². The van der Waals surface area contributed by atoms with Crippen LogP contribution in [0, 0.1) is 5.92 Å². The van der Waals surface area contributed by atoms with E-state index in [0.717, 1.165) is 4.57 Å². The number of aliphatic hydroxyl groups is 1. The molecule has 0 amide bonds. The topological polar surface area (TPSA) is 75.4 Å². The summed E-state index contributed by atoms with van der Waals surface area (Å²) in [7, 11) is 0. The predicted molar refractivity (Wildman–Crippen MR) is 50.3 cm³/mol. The molecule has 1 rings (SSSR count). The van der Waals surface area contributed by atoms with Gasteiger partial charge >= 0.3 is 6.09 Å². The van der Waals surface area contributed by atoms with Gasteiger partial charge in [0.05, 0.1) is 6.61 Å². The van der Waals surface area contributed by atoms with Crippen molar-refractivity contribution in [2.24, 2.45) is 5.92 Å². The van der Waals surface area contributed by atoms with E-state index in [1.807, 2.05) is 13.8 Å². The van der Waals surface area contributed by atoms with Gasteiger partial charge in [0.2, 0.25) is 0 Å². The molecule has 0 fully saturated rings. The van der Waals surface area contributed by atoms with E-state index in [0.29, 0.717) is 5.82 Å². The molecule has 5 heteroatoms. The van der Waals surface area contributed by atoms with Crippen LogP contribution in [0.2, 0.25) is 0 Å². The number of aromatic nitrogens is 2. The Balaban J connectivity index is 3.03. The van der Waals surface area contributed by atoms with Crippen LogP contribution in [0.4, 0.5) is 4.79 Å². The summed E-state index contributed by atoms with van der Waals surface area (Å²) in [4.78, 5) is 14.7. The second-order valence-electron chi connectivity index (χ2n) is 3.47. The van der Waals surface area contributed by atoms with Gasteiger partial charge in [0.25, 0.3) is 0 Å². The van der Waals surface area contributed by atoms with Gasteiger partial charge < -0.3 is 10.2 Å². The number of carboxylic acid groups (broad SMARTS) is 1. The second-order valence-corrected chi connectivity index (χ2v) is 3.47. The summed E-state index contributed by atoms with van der Waals surface area (Å²) in [6, 6.07) is 0. The number of aliphatic hydroxyl groups excluding tert-OH is 1. The minimum Gasteiger partial charge on any atom is -0.464 e. The van der Waals surface area contributed by atoms with Crippen molar-refractivity contribution in [3.63, 3.8) is 0 Å². The van der Waals surface area contributed by atoms with Crippen LogP contribution in [0.25, 0.3) is 0 Å². The molecule has 0 saturated carbocycles. The molecule has 1 aromatic heterocycles. The molecule has 1 unspecified atom stereocenters. The molecule has 0 saturated heterocycles. The Morgan fingerprint density at radius 3 is 2.71 bits per heavy atom. The quantitative estimate of drug-likeness (QED) is 0.763. The van der Waals surface area contributed by atoms with Gasteiger partial charge in [-0.2, -0.15) is 0 Å². The van der Waals surface area contributed by atoms with E-state index >= 15 is 0 Å². The molecule has 78 valence electrons. The average Bonchev–Trinajstić information content (AvgIpc) is 2.53. The van der Waals surface area contributed by atoms with Gasteiger partial charge in [0.1, 0.15) is 5.82 Å². The van der Waals surface area contributed by atoms with Crippen molar-refractivity contribution in [1.29, 1.82) is 0 Å². The third-order valence-corrected chi connectivity index (χ3v) is 2.21. The lowest BCUT2D eigenvalue weighted by atomic mass is 9.96. The molecule has 1 heterocycles. The highest BCUT2D eigenvalue weighted by Gasteiger charge is 2.21. The summed E-state index contributed by atoms with van der Waals surface area (Å²) < 4.78 is 1.04. The van der Waals surface area contributed by atoms with Crippen molar-refractivity contribution in [2.75, 3.05) is 6.61 Å². The van der Waals surface area contributed by atoms with Gasteiger partial charge in [-0.15, -0.1) is 0 Å². The van der Waals surface area contributed by atoms with Crippen molar-refractivity contribution in [1.82, 2.24) is 9.55 Å². The van der Waals surface area contributed by atoms with Crippen molar-refractivity contribution in [2.45, 2.75) is 19.8 Å². The van der Waals surface area contributed by atoms with Crippen LogP contribution in [-0.2, 0) is 0 Å². The summed E-state index contributed by atoms with van der Waals surface area (Å²) in [5.41, 5.74) is 0. The number of rotatable bonds is 3. The molecule has 0 radical (unpaired) electrons. The summed E-state index contributed by atoms with van der Waals surface area (Å²) in [6.07, 6.45) is 1.73.